The summed E-state index contributed by atoms with van der Waals surface area (Å²) in [5, 5.41) is 0. The molecule has 17 heavy (non-hydrogen) atoms. The molecule has 0 atom stereocenters. The molecule has 0 unspecified atom stereocenters. The van der Waals surface area contributed by atoms with E-state index in [2.05, 4.69) is 0 Å². The van der Waals surface area contributed by atoms with E-state index in [1.165, 1.54) is 0 Å². The second-order valence-electron chi connectivity index (χ2n) is 4.46. The Hall–Kier alpha value is -0.660. The Bertz CT molecular complexity index is 328. The van der Waals surface area contributed by atoms with Gasteiger partial charge in [0.2, 0.25) is 15.9 Å². The van der Waals surface area contributed by atoms with Crippen molar-refractivity contribution < 1.29 is 13.2 Å². The van der Waals surface area contributed by atoms with E-state index in [0.717, 1.165) is 4.31 Å². The van der Waals surface area contributed by atoms with Crippen LogP contribution in [0.1, 0.15) is 26.7 Å². The van der Waals surface area contributed by atoms with E-state index >= 15 is 0 Å². The molecular formula is C10H23N3O3S. The zero-order valence-corrected chi connectivity index (χ0v) is 11.4. The van der Waals surface area contributed by atoms with E-state index in [1.807, 2.05) is 13.8 Å². The van der Waals surface area contributed by atoms with Crippen LogP contribution in [-0.4, -0.2) is 44.0 Å². The third-order valence-electron chi connectivity index (χ3n) is 2.15. The highest BCUT2D eigenvalue weighted by Gasteiger charge is 2.23. The highest BCUT2D eigenvalue weighted by molar-refractivity contribution is 7.89. The summed E-state index contributed by atoms with van der Waals surface area (Å²) in [7, 11) is -3.41. The van der Waals surface area contributed by atoms with Crippen LogP contribution < -0.4 is 11.5 Å². The second-order valence-corrected chi connectivity index (χ2v) is 6.55. The maximum atomic E-state index is 12.0. The summed E-state index contributed by atoms with van der Waals surface area (Å²) in [5.74, 6) is -0.462. The summed E-state index contributed by atoms with van der Waals surface area (Å²) >= 11 is 0. The van der Waals surface area contributed by atoms with Gasteiger partial charge in [-0.3, -0.25) is 4.79 Å². The van der Waals surface area contributed by atoms with Gasteiger partial charge in [0.1, 0.15) is 0 Å². The van der Waals surface area contributed by atoms with Crippen LogP contribution in [0.2, 0.25) is 0 Å². The van der Waals surface area contributed by atoms with Gasteiger partial charge >= 0.3 is 0 Å². The molecule has 0 heterocycles. The number of carbonyl (C=O) groups excluding carboxylic acids is 1. The largest absolute Gasteiger partial charge is 0.369 e. The van der Waals surface area contributed by atoms with Crippen molar-refractivity contribution in [2.24, 2.45) is 17.4 Å². The number of primary amides is 1. The third-order valence-corrected chi connectivity index (χ3v) is 4.02. The van der Waals surface area contributed by atoms with Crippen molar-refractivity contribution in [1.29, 1.82) is 0 Å². The van der Waals surface area contributed by atoms with Gasteiger partial charge in [-0.25, -0.2) is 8.42 Å². The summed E-state index contributed by atoms with van der Waals surface area (Å²) < 4.78 is 25.1. The molecule has 0 aliphatic heterocycles. The molecule has 0 aromatic rings. The SMILES string of the molecule is CC(C)CN(CC(N)=O)S(=O)(=O)CCCCN. The Morgan fingerprint density at radius 2 is 1.88 bits per heavy atom. The minimum absolute atomic E-state index is 0.0181. The van der Waals surface area contributed by atoms with Crippen LogP contribution in [0.15, 0.2) is 0 Å². The number of sulfonamides is 1. The van der Waals surface area contributed by atoms with Gasteiger partial charge in [0, 0.05) is 6.54 Å². The molecular weight excluding hydrogens is 242 g/mol. The molecule has 4 N–H and O–H groups in total. The molecule has 0 aromatic heterocycles. The van der Waals surface area contributed by atoms with Crippen molar-refractivity contribution in [2.75, 3.05) is 25.4 Å². The van der Waals surface area contributed by atoms with Crippen molar-refractivity contribution in [1.82, 2.24) is 4.31 Å². The van der Waals surface area contributed by atoms with Crippen molar-refractivity contribution in [3.05, 3.63) is 0 Å². The van der Waals surface area contributed by atoms with E-state index in [-0.39, 0.29) is 18.2 Å². The van der Waals surface area contributed by atoms with E-state index in [9.17, 15) is 13.2 Å². The fourth-order valence-electron chi connectivity index (χ4n) is 1.42. The molecule has 0 aliphatic carbocycles. The lowest BCUT2D eigenvalue weighted by atomic mass is 10.2. The summed E-state index contributed by atoms with van der Waals surface area (Å²) in [6.07, 6.45) is 1.16. The number of unbranched alkanes of at least 4 members (excludes halogenated alkanes) is 1. The molecule has 6 nitrogen and oxygen atoms in total. The first kappa shape index (κ1) is 16.3. The zero-order chi connectivity index (χ0) is 13.5. The van der Waals surface area contributed by atoms with Gasteiger partial charge in [-0.05, 0) is 25.3 Å². The molecule has 0 rings (SSSR count). The Kier molecular flexibility index (Phi) is 7.33. The molecule has 0 saturated heterocycles. The van der Waals surface area contributed by atoms with Crippen LogP contribution in [0.4, 0.5) is 0 Å². The van der Waals surface area contributed by atoms with E-state index in [1.54, 1.807) is 0 Å². The Morgan fingerprint density at radius 1 is 1.29 bits per heavy atom. The third kappa shape index (κ3) is 7.30. The number of rotatable bonds is 9. The normalized spacial score (nSPS) is 12.3. The Labute approximate surface area is 103 Å². The summed E-state index contributed by atoms with van der Waals surface area (Å²) in [6, 6.07) is 0. The van der Waals surface area contributed by atoms with Crippen LogP contribution in [0, 0.1) is 5.92 Å². The zero-order valence-electron chi connectivity index (χ0n) is 10.6. The first-order valence-electron chi connectivity index (χ1n) is 5.75. The van der Waals surface area contributed by atoms with Crippen LogP contribution in [0.25, 0.3) is 0 Å². The fourth-order valence-corrected chi connectivity index (χ4v) is 3.09. The van der Waals surface area contributed by atoms with Crippen LogP contribution in [0.5, 0.6) is 0 Å². The predicted molar refractivity (Wildman–Crippen MR) is 67.7 cm³/mol. The number of nitrogens with zero attached hydrogens (tertiary/aromatic N) is 1. The molecule has 0 aromatic carbocycles. The van der Waals surface area contributed by atoms with Crippen molar-refractivity contribution in [2.45, 2.75) is 26.7 Å². The maximum absolute atomic E-state index is 12.0. The summed E-state index contributed by atoms with van der Waals surface area (Å²) in [6.45, 7) is 4.32. The minimum Gasteiger partial charge on any atom is -0.369 e. The molecule has 0 bridgehead atoms. The summed E-state index contributed by atoms with van der Waals surface area (Å²) in [4.78, 5) is 10.9. The van der Waals surface area contributed by atoms with Crippen molar-refractivity contribution in [3.8, 4) is 0 Å². The van der Waals surface area contributed by atoms with E-state index in [4.69, 9.17) is 11.5 Å². The molecule has 0 aliphatic rings. The van der Waals surface area contributed by atoms with Gasteiger partial charge in [0.15, 0.2) is 0 Å². The molecule has 7 heteroatoms. The van der Waals surface area contributed by atoms with Gasteiger partial charge in [-0.2, -0.15) is 4.31 Å². The van der Waals surface area contributed by atoms with E-state index in [0.29, 0.717) is 25.9 Å². The molecule has 1 amide bonds. The molecule has 0 spiro atoms. The standard InChI is InChI=1S/C10H23N3O3S/c1-9(2)7-13(8-10(12)14)17(15,16)6-4-3-5-11/h9H,3-8,11H2,1-2H3,(H2,12,14). The quantitative estimate of drug-likeness (QED) is 0.548. The molecule has 0 radical (unpaired) electrons. The van der Waals surface area contributed by atoms with Gasteiger partial charge < -0.3 is 11.5 Å². The maximum Gasteiger partial charge on any atom is 0.232 e. The first-order valence-corrected chi connectivity index (χ1v) is 7.36. The van der Waals surface area contributed by atoms with Gasteiger partial charge in [-0.1, -0.05) is 13.8 Å². The average molecular weight is 265 g/mol. The lowest BCUT2D eigenvalue weighted by molar-refractivity contribution is -0.118. The minimum atomic E-state index is -3.41. The number of hydrogen-bond donors (Lipinski definition) is 2. The second kappa shape index (κ2) is 7.62. The number of amides is 1. The monoisotopic (exact) mass is 265 g/mol. The van der Waals surface area contributed by atoms with Crippen LogP contribution in [0.3, 0.4) is 0 Å². The molecule has 0 fully saturated rings. The van der Waals surface area contributed by atoms with Crippen molar-refractivity contribution in [3.63, 3.8) is 0 Å². The molecule has 102 valence electrons. The first-order chi connectivity index (χ1) is 7.79. The average Bonchev–Trinajstić information content (AvgIpc) is 2.15. The van der Waals surface area contributed by atoms with Crippen LogP contribution in [-0.2, 0) is 14.8 Å². The summed E-state index contributed by atoms with van der Waals surface area (Å²) in [5.41, 5.74) is 10.4. The number of carbonyl (C=O) groups is 1. The Morgan fingerprint density at radius 3 is 2.29 bits per heavy atom. The van der Waals surface area contributed by atoms with Crippen LogP contribution >= 0.6 is 0 Å². The van der Waals surface area contributed by atoms with Gasteiger partial charge in [0.25, 0.3) is 0 Å². The lowest BCUT2D eigenvalue weighted by Gasteiger charge is -2.22. The number of hydrogen-bond acceptors (Lipinski definition) is 4. The van der Waals surface area contributed by atoms with Crippen molar-refractivity contribution >= 4 is 15.9 Å². The van der Waals surface area contributed by atoms with Gasteiger partial charge in [-0.15, -0.1) is 0 Å². The van der Waals surface area contributed by atoms with E-state index < -0.39 is 15.9 Å². The highest BCUT2D eigenvalue weighted by atomic mass is 32.2. The Balaban J connectivity index is 4.58. The molecule has 0 saturated carbocycles. The van der Waals surface area contributed by atoms with Gasteiger partial charge in [0.05, 0.1) is 12.3 Å². The lowest BCUT2D eigenvalue weighted by Crippen LogP contribution is -2.41. The smallest absolute Gasteiger partial charge is 0.232 e. The number of nitrogens with two attached hydrogens (primary N) is 2. The fraction of sp³-hybridized carbons (Fsp3) is 0.900. The highest BCUT2D eigenvalue weighted by Crippen LogP contribution is 2.08. The predicted octanol–water partition coefficient (Wildman–Crippen LogP) is -0.502. The topological polar surface area (TPSA) is 106 Å².